The Hall–Kier alpha value is -2.30. The van der Waals surface area contributed by atoms with Crippen LogP contribution in [0.25, 0.3) is 0 Å². The fourth-order valence-electron chi connectivity index (χ4n) is 1.41. The number of nitrogens with zero attached hydrogens (tertiary/aromatic N) is 2. The van der Waals surface area contributed by atoms with Crippen molar-refractivity contribution in [3.63, 3.8) is 0 Å². The predicted octanol–water partition coefficient (Wildman–Crippen LogP) is 2.05. The number of anilines is 2. The van der Waals surface area contributed by atoms with E-state index in [1.54, 1.807) is 0 Å². The molecule has 5 nitrogen and oxygen atoms in total. The second kappa shape index (κ2) is 4.29. The summed E-state index contributed by atoms with van der Waals surface area (Å²) in [6, 6.07) is 5.94. The Morgan fingerprint density at radius 1 is 1.12 bits per heavy atom. The van der Waals surface area contributed by atoms with Gasteiger partial charge in [0.1, 0.15) is 5.75 Å². The third-order valence-corrected chi connectivity index (χ3v) is 2.37. The molecule has 0 aliphatic rings. The molecule has 0 fully saturated rings. The summed E-state index contributed by atoms with van der Waals surface area (Å²) in [5, 5.41) is 0. The molecule has 17 heavy (non-hydrogen) atoms. The number of aryl methyl sites for hydroxylation is 2. The number of hydrogen-bond acceptors (Lipinski definition) is 5. The highest BCUT2D eigenvalue weighted by atomic mass is 16.5. The molecule has 0 saturated heterocycles. The van der Waals surface area contributed by atoms with E-state index in [0.29, 0.717) is 5.75 Å². The lowest BCUT2D eigenvalue weighted by Gasteiger charge is -2.10. The zero-order valence-corrected chi connectivity index (χ0v) is 9.77. The Morgan fingerprint density at radius 3 is 2.59 bits per heavy atom. The monoisotopic (exact) mass is 230 g/mol. The van der Waals surface area contributed by atoms with Crippen molar-refractivity contribution in [3.8, 4) is 11.5 Å². The quantitative estimate of drug-likeness (QED) is 0.824. The SMILES string of the molecule is Cc1ccc(C)c(Oc2cnc(N)nc2N)c1. The second-order valence-corrected chi connectivity index (χ2v) is 3.85. The van der Waals surface area contributed by atoms with Gasteiger partial charge in [0.05, 0.1) is 6.20 Å². The van der Waals surface area contributed by atoms with E-state index in [1.165, 1.54) is 6.20 Å². The van der Waals surface area contributed by atoms with Gasteiger partial charge in [-0.2, -0.15) is 4.98 Å². The zero-order chi connectivity index (χ0) is 12.4. The molecule has 0 unspecified atom stereocenters. The molecule has 0 atom stereocenters. The molecule has 2 aromatic rings. The summed E-state index contributed by atoms with van der Waals surface area (Å²) >= 11 is 0. The Kier molecular flexibility index (Phi) is 2.82. The highest BCUT2D eigenvalue weighted by Crippen LogP contribution is 2.28. The summed E-state index contributed by atoms with van der Waals surface area (Å²) < 4.78 is 5.67. The van der Waals surface area contributed by atoms with Crippen LogP contribution in [0.5, 0.6) is 11.5 Å². The Labute approximate surface area is 99.5 Å². The van der Waals surface area contributed by atoms with Crippen LogP contribution in [0.2, 0.25) is 0 Å². The van der Waals surface area contributed by atoms with E-state index >= 15 is 0 Å². The molecule has 88 valence electrons. The number of ether oxygens (including phenoxy) is 1. The first-order valence-corrected chi connectivity index (χ1v) is 5.19. The average molecular weight is 230 g/mol. The van der Waals surface area contributed by atoms with Crippen molar-refractivity contribution in [1.82, 2.24) is 9.97 Å². The number of rotatable bonds is 2. The summed E-state index contributed by atoms with van der Waals surface area (Å²) in [6.07, 6.45) is 1.47. The fraction of sp³-hybridized carbons (Fsp3) is 0.167. The number of aromatic nitrogens is 2. The molecule has 1 aromatic carbocycles. The van der Waals surface area contributed by atoms with E-state index in [4.69, 9.17) is 16.2 Å². The minimum absolute atomic E-state index is 0.135. The summed E-state index contributed by atoms with van der Waals surface area (Å²) in [7, 11) is 0. The van der Waals surface area contributed by atoms with Crippen LogP contribution in [0.4, 0.5) is 11.8 Å². The van der Waals surface area contributed by atoms with Crippen LogP contribution in [-0.4, -0.2) is 9.97 Å². The van der Waals surface area contributed by atoms with Gasteiger partial charge in [0.25, 0.3) is 0 Å². The van der Waals surface area contributed by atoms with Gasteiger partial charge in [-0.3, -0.25) is 0 Å². The van der Waals surface area contributed by atoms with Crippen LogP contribution in [0.1, 0.15) is 11.1 Å². The minimum atomic E-state index is 0.135. The van der Waals surface area contributed by atoms with Crippen molar-refractivity contribution >= 4 is 11.8 Å². The van der Waals surface area contributed by atoms with Gasteiger partial charge in [0, 0.05) is 0 Å². The molecule has 0 saturated carbocycles. The van der Waals surface area contributed by atoms with E-state index in [-0.39, 0.29) is 11.8 Å². The first-order chi connectivity index (χ1) is 8.06. The maximum atomic E-state index is 5.70. The third kappa shape index (κ3) is 2.44. The number of nitrogen functional groups attached to an aromatic ring is 2. The van der Waals surface area contributed by atoms with Crippen LogP contribution in [0, 0.1) is 13.8 Å². The molecule has 0 radical (unpaired) electrons. The van der Waals surface area contributed by atoms with Crippen LogP contribution in [0.15, 0.2) is 24.4 Å². The minimum Gasteiger partial charge on any atom is -0.452 e. The predicted molar refractivity (Wildman–Crippen MR) is 66.8 cm³/mol. The molecular formula is C12H14N4O. The highest BCUT2D eigenvalue weighted by molar-refractivity contribution is 5.50. The van der Waals surface area contributed by atoms with E-state index in [9.17, 15) is 0 Å². The van der Waals surface area contributed by atoms with Gasteiger partial charge in [-0.15, -0.1) is 0 Å². The van der Waals surface area contributed by atoms with E-state index in [0.717, 1.165) is 16.9 Å². The first kappa shape index (κ1) is 11.2. The maximum Gasteiger partial charge on any atom is 0.222 e. The summed E-state index contributed by atoms with van der Waals surface area (Å²) in [5.74, 6) is 1.52. The smallest absolute Gasteiger partial charge is 0.222 e. The van der Waals surface area contributed by atoms with E-state index in [1.807, 2.05) is 32.0 Å². The Bertz CT molecular complexity index is 554. The summed E-state index contributed by atoms with van der Waals surface area (Å²) in [6.45, 7) is 3.96. The van der Waals surface area contributed by atoms with Crippen molar-refractivity contribution in [2.45, 2.75) is 13.8 Å². The number of benzene rings is 1. The summed E-state index contributed by atoms with van der Waals surface area (Å²) in [4.78, 5) is 7.69. The molecule has 0 bridgehead atoms. The second-order valence-electron chi connectivity index (χ2n) is 3.85. The largest absolute Gasteiger partial charge is 0.452 e. The molecule has 4 N–H and O–H groups in total. The lowest BCUT2D eigenvalue weighted by atomic mass is 10.1. The topological polar surface area (TPSA) is 87.0 Å². The summed E-state index contributed by atoms with van der Waals surface area (Å²) in [5.41, 5.74) is 13.3. The van der Waals surface area contributed by atoms with Crippen LogP contribution < -0.4 is 16.2 Å². The normalized spacial score (nSPS) is 10.2. The molecular weight excluding hydrogens is 216 g/mol. The lowest BCUT2D eigenvalue weighted by Crippen LogP contribution is -2.01. The van der Waals surface area contributed by atoms with Gasteiger partial charge in [-0.25, -0.2) is 4.98 Å². The molecule has 5 heteroatoms. The van der Waals surface area contributed by atoms with Gasteiger partial charge < -0.3 is 16.2 Å². The molecule has 1 heterocycles. The van der Waals surface area contributed by atoms with Gasteiger partial charge >= 0.3 is 0 Å². The van der Waals surface area contributed by atoms with Gasteiger partial charge in [-0.05, 0) is 31.0 Å². The van der Waals surface area contributed by atoms with Crippen molar-refractivity contribution in [1.29, 1.82) is 0 Å². The van der Waals surface area contributed by atoms with Crippen molar-refractivity contribution in [2.24, 2.45) is 0 Å². The first-order valence-electron chi connectivity index (χ1n) is 5.19. The van der Waals surface area contributed by atoms with E-state index < -0.39 is 0 Å². The van der Waals surface area contributed by atoms with Crippen LogP contribution >= 0.6 is 0 Å². The molecule has 1 aromatic heterocycles. The molecule has 0 aliphatic heterocycles. The lowest BCUT2D eigenvalue weighted by molar-refractivity contribution is 0.476. The maximum absolute atomic E-state index is 5.70. The van der Waals surface area contributed by atoms with Crippen molar-refractivity contribution < 1.29 is 4.74 Å². The highest BCUT2D eigenvalue weighted by Gasteiger charge is 2.07. The molecule has 0 amide bonds. The van der Waals surface area contributed by atoms with E-state index in [2.05, 4.69) is 9.97 Å². The Balaban J connectivity index is 2.34. The zero-order valence-electron chi connectivity index (χ0n) is 9.77. The van der Waals surface area contributed by atoms with Gasteiger partial charge in [0.2, 0.25) is 5.95 Å². The fourth-order valence-corrected chi connectivity index (χ4v) is 1.41. The van der Waals surface area contributed by atoms with Crippen LogP contribution in [0.3, 0.4) is 0 Å². The molecule has 0 spiro atoms. The number of nitrogens with two attached hydrogens (primary N) is 2. The Morgan fingerprint density at radius 2 is 1.88 bits per heavy atom. The molecule has 0 aliphatic carbocycles. The standard InChI is InChI=1S/C12H14N4O/c1-7-3-4-8(2)9(5-7)17-10-6-15-12(14)16-11(10)13/h3-6H,1-2H3,(H4,13,14,15,16). The van der Waals surface area contributed by atoms with Crippen molar-refractivity contribution in [3.05, 3.63) is 35.5 Å². The number of hydrogen-bond donors (Lipinski definition) is 2. The molecule has 2 rings (SSSR count). The van der Waals surface area contributed by atoms with Gasteiger partial charge in [0.15, 0.2) is 11.6 Å². The van der Waals surface area contributed by atoms with Gasteiger partial charge in [-0.1, -0.05) is 12.1 Å². The average Bonchev–Trinajstić information content (AvgIpc) is 2.27. The van der Waals surface area contributed by atoms with Crippen molar-refractivity contribution in [2.75, 3.05) is 11.5 Å². The van der Waals surface area contributed by atoms with Crippen LogP contribution in [-0.2, 0) is 0 Å². The third-order valence-electron chi connectivity index (χ3n) is 2.37.